The molecule has 4 amide bonds. The second kappa shape index (κ2) is 14.3. The van der Waals surface area contributed by atoms with Crippen LogP contribution in [0.4, 0.5) is 4.79 Å². The van der Waals surface area contributed by atoms with Gasteiger partial charge in [0.1, 0.15) is 23.2 Å². The van der Waals surface area contributed by atoms with E-state index >= 15 is 0 Å². The average Bonchev–Trinajstić information content (AvgIpc) is 4.00. The van der Waals surface area contributed by atoms with E-state index in [9.17, 15) is 27.6 Å². The highest BCUT2D eigenvalue weighted by molar-refractivity contribution is 7.91. The molecule has 300 valence electrons. The number of aryl methyl sites for hydroxylation is 1. The number of fused-ring (bicyclic) bond motifs is 12. The van der Waals surface area contributed by atoms with Gasteiger partial charge in [-0.1, -0.05) is 77.8 Å². The normalized spacial score (nSPS) is 30.4. The molecule has 0 unspecified atom stereocenters. The molecule has 3 aliphatic heterocycles. The van der Waals surface area contributed by atoms with Gasteiger partial charge in [0.15, 0.2) is 0 Å². The summed E-state index contributed by atoms with van der Waals surface area (Å²) in [5.74, 6) is -1.74. The first kappa shape index (κ1) is 39.5. The summed E-state index contributed by atoms with van der Waals surface area (Å²) in [6.07, 6.45) is 7.34. The number of benzene rings is 2. The molecule has 1 saturated heterocycles. The molecule has 6 aliphatic rings. The van der Waals surface area contributed by atoms with Crippen LogP contribution in [0, 0.1) is 22.7 Å². The third kappa shape index (κ3) is 8.10. The molecule has 0 aromatic heterocycles. The second-order valence-corrected chi connectivity index (χ2v) is 20.7. The molecule has 3 N–H and O–H groups in total. The van der Waals surface area contributed by atoms with Crippen molar-refractivity contribution < 1.29 is 37.1 Å². The van der Waals surface area contributed by atoms with Crippen LogP contribution in [0.3, 0.4) is 0 Å². The van der Waals surface area contributed by atoms with Gasteiger partial charge >= 0.3 is 6.09 Å². The zero-order valence-corrected chi connectivity index (χ0v) is 34.0. The van der Waals surface area contributed by atoms with Crippen molar-refractivity contribution in [3.05, 3.63) is 47.5 Å². The minimum Gasteiger partial charge on any atom is -0.449 e. The predicted octanol–water partition coefficient (Wildman–Crippen LogP) is 5.46. The third-order valence-electron chi connectivity index (χ3n) is 12.7. The Hall–Kier alpha value is -3.71. The third-order valence-corrected chi connectivity index (χ3v) is 14.5. The van der Waals surface area contributed by atoms with E-state index in [0.717, 1.165) is 61.3 Å². The molecule has 4 fully saturated rings. The number of hydrogen-bond donors (Lipinski definition) is 3. The Labute approximate surface area is 325 Å². The molecule has 2 aromatic carbocycles. The van der Waals surface area contributed by atoms with Crippen LogP contribution in [0.1, 0.15) is 110 Å². The van der Waals surface area contributed by atoms with E-state index in [1.807, 2.05) is 26.8 Å². The number of carbonyl (C=O) groups excluding carboxylic acids is 4. The van der Waals surface area contributed by atoms with Gasteiger partial charge in [0.2, 0.25) is 21.8 Å². The molecule has 0 radical (unpaired) electrons. The van der Waals surface area contributed by atoms with Crippen LogP contribution < -0.4 is 15.4 Å². The van der Waals surface area contributed by atoms with Crippen molar-refractivity contribution in [2.45, 2.75) is 134 Å². The van der Waals surface area contributed by atoms with E-state index in [1.54, 1.807) is 7.11 Å². The van der Waals surface area contributed by atoms with Crippen molar-refractivity contribution in [1.82, 2.24) is 20.3 Å². The number of alkyl carbamates (subject to hydrolysis) is 1. The summed E-state index contributed by atoms with van der Waals surface area (Å²) in [4.78, 5) is 58.4. The maximum Gasteiger partial charge on any atom is 0.407 e. The number of nitrogens with zero attached hydrogens (tertiary/aromatic N) is 1. The smallest absolute Gasteiger partial charge is 0.407 e. The van der Waals surface area contributed by atoms with Crippen LogP contribution >= 0.6 is 0 Å². The molecule has 2 aromatic rings. The monoisotopic (exact) mass is 778 g/mol. The van der Waals surface area contributed by atoms with Crippen molar-refractivity contribution >= 4 is 44.6 Å². The van der Waals surface area contributed by atoms with Gasteiger partial charge in [-0.3, -0.25) is 19.1 Å². The first-order valence-electron chi connectivity index (χ1n) is 20.1. The predicted molar refractivity (Wildman–Crippen MR) is 208 cm³/mol. The molecule has 8 rings (SSSR count). The Kier molecular flexibility index (Phi) is 10.3. The summed E-state index contributed by atoms with van der Waals surface area (Å²) in [6.45, 7) is 9.86. The molecule has 5 atom stereocenters. The van der Waals surface area contributed by atoms with Gasteiger partial charge in [0.05, 0.1) is 18.4 Å². The lowest BCUT2D eigenvalue weighted by atomic mass is 9.85. The number of rotatable bonds is 7. The zero-order chi connectivity index (χ0) is 39.6. The van der Waals surface area contributed by atoms with Crippen molar-refractivity contribution in [1.29, 1.82) is 0 Å². The molecule has 13 heteroatoms. The van der Waals surface area contributed by atoms with Gasteiger partial charge in [-0.25, -0.2) is 13.2 Å². The molecule has 3 aliphatic carbocycles. The first-order valence-corrected chi connectivity index (χ1v) is 21.6. The van der Waals surface area contributed by atoms with Crippen molar-refractivity contribution in [3.8, 4) is 0 Å². The van der Waals surface area contributed by atoms with E-state index in [1.165, 1.54) is 10.5 Å². The molecule has 3 saturated carbocycles. The summed E-state index contributed by atoms with van der Waals surface area (Å²) >= 11 is 0. The number of methoxy groups -OCH3 is 1. The van der Waals surface area contributed by atoms with Crippen molar-refractivity contribution in [2.24, 2.45) is 22.7 Å². The number of carbonyl (C=O) groups is 4. The quantitative estimate of drug-likeness (QED) is 0.334. The van der Waals surface area contributed by atoms with Gasteiger partial charge in [0.25, 0.3) is 5.91 Å². The SMILES string of the molecule is CO[C@@]12C[C@@H](C(=O)N[C@]3(C(=O)NS(=O)(=O)C4CC4)C[C@@H]3C3CC3)N(C1)C(=O)[C@H](C(C)(C)C)NC(=O)OCC(C)(C)CCCCCc1cccc3cc2ccc13. The Morgan fingerprint density at radius 3 is 2.42 bits per heavy atom. The lowest BCUT2D eigenvalue weighted by molar-refractivity contribution is -0.143. The molecular weight excluding hydrogens is 721 g/mol. The molecule has 6 bridgehead atoms. The number of sulfonamides is 1. The van der Waals surface area contributed by atoms with E-state index < -0.39 is 67.7 Å². The van der Waals surface area contributed by atoms with Crippen LogP contribution in [0.15, 0.2) is 36.4 Å². The minimum absolute atomic E-state index is 0.00324. The fraction of sp³-hybridized carbons (Fsp3) is 0.667. The molecule has 0 spiro atoms. The Balaban J connectivity index is 1.26. The number of nitrogens with one attached hydrogen (secondary N) is 3. The minimum atomic E-state index is -3.86. The maximum absolute atomic E-state index is 14.9. The van der Waals surface area contributed by atoms with E-state index in [-0.39, 0.29) is 36.8 Å². The lowest BCUT2D eigenvalue weighted by Crippen LogP contribution is -2.60. The van der Waals surface area contributed by atoms with Crippen molar-refractivity contribution in [2.75, 3.05) is 20.3 Å². The van der Waals surface area contributed by atoms with Crippen LogP contribution in [-0.2, 0) is 45.9 Å². The summed E-state index contributed by atoms with van der Waals surface area (Å²) in [7, 11) is -2.29. The Morgan fingerprint density at radius 1 is 1.00 bits per heavy atom. The van der Waals surface area contributed by atoms with E-state index in [0.29, 0.717) is 19.3 Å². The summed E-state index contributed by atoms with van der Waals surface area (Å²) < 4.78 is 40.2. The van der Waals surface area contributed by atoms with Gasteiger partial charge in [-0.2, -0.15) is 0 Å². The van der Waals surface area contributed by atoms with Gasteiger partial charge in [-0.15, -0.1) is 0 Å². The van der Waals surface area contributed by atoms with Crippen LogP contribution in [0.2, 0.25) is 0 Å². The summed E-state index contributed by atoms with van der Waals surface area (Å²) in [5.41, 5.74) is -1.51. The second-order valence-electron chi connectivity index (χ2n) is 18.8. The highest BCUT2D eigenvalue weighted by Gasteiger charge is 2.67. The summed E-state index contributed by atoms with van der Waals surface area (Å²) in [6, 6.07) is 10.3. The van der Waals surface area contributed by atoms with Crippen LogP contribution in [0.25, 0.3) is 10.8 Å². The van der Waals surface area contributed by atoms with Gasteiger partial charge in [-0.05, 0) is 102 Å². The number of amides is 4. The van der Waals surface area contributed by atoms with Crippen molar-refractivity contribution in [3.63, 3.8) is 0 Å². The van der Waals surface area contributed by atoms with Crippen LogP contribution in [0.5, 0.6) is 0 Å². The fourth-order valence-corrected chi connectivity index (χ4v) is 10.2. The maximum atomic E-state index is 14.9. The highest BCUT2D eigenvalue weighted by atomic mass is 32.2. The zero-order valence-electron chi connectivity index (χ0n) is 33.2. The largest absolute Gasteiger partial charge is 0.449 e. The molecular formula is C42H58N4O8S. The lowest BCUT2D eigenvalue weighted by Gasteiger charge is -2.36. The average molecular weight is 779 g/mol. The standard InChI is InChI=1S/C42H58N4O8S/c1-39(2,3)34-36(48)46-24-41(53-6,23-33(46)35(47)44-42(22-32(42)27-14-15-27)37(49)45-55(51,52)30-17-18-30)29-16-19-31-26(12-10-13-28(31)21-29)11-8-7-9-20-40(4,5)25-54-38(50)43-34/h10,12-13,16,19,21,27,30,32-34H,7-9,11,14-15,17-18,20,22-25H2,1-6H3,(H,43,50)(H,44,47)(H,45,49)/t32-,33+,34-,41+,42-/m1/s1. The number of hydrogen-bond acceptors (Lipinski definition) is 8. The molecule has 55 heavy (non-hydrogen) atoms. The van der Waals surface area contributed by atoms with E-state index in [2.05, 4.69) is 59.5 Å². The van der Waals surface area contributed by atoms with Gasteiger partial charge in [0, 0.05) is 13.5 Å². The topological polar surface area (TPSA) is 160 Å². The molecule has 3 heterocycles. The fourth-order valence-electron chi connectivity index (χ4n) is 8.87. The van der Waals surface area contributed by atoms with E-state index in [4.69, 9.17) is 9.47 Å². The number of ether oxygens (including phenoxy) is 2. The molecule has 12 nitrogen and oxygen atoms in total. The first-order chi connectivity index (χ1) is 25.9. The highest BCUT2D eigenvalue weighted by Crippen LogP contribution is 2.57. The Morgan fingerprint density at radius 2 is 1.75 bits per heavy atom. The van der Waals surface area contributed by atoms with Crippen LogP contribution in [-0.4, -0.2) is 80.3 Å². The summed E-state index contributed by atoms with van der Waals surface area (Å²) in [5, 5.41) is 7.42. The Bertz CT molecular complexity index is 1970. The van der Waals surface area contributed by atoms with Gasteiger partial charge < -0.3 is 25.0 Å².